The van der Waals surface area contributed by atoms with E-state index in [-0.39, 0.29) is 0 Å². The second kappa shape index (κ2) is 4.76. The van der Waals surface area contributed by atoms with E-state index < -0.39 is 0 Å². The summed E-state index contributed by atoms with van der Waals surface area (Å²) in [6.45, 7) is 2.87. The zero-order valence-corrected chi connectivity index (χ0v) is 6.18. The van der Waals surface area contributed by atoms with E-state index in [0.717, 1.165) is 11.2 Å². The monoisotopic (exact) mass is 179 g/mol. The van der Waals surface area contributed by atoms with Crippen molar-refractivity contribution in [3.63, 3.8) is 0 Å². The summed E-state index contributed by atoms with van der Waals surface area (Å²) in [5, 5.41) is 0. The topological polar surface area (TPSA) is 9.23 Å². The van der Waals surface area contributed by atoms with Crippen molar-refractivity contribution >= 4 is 22.5 Å². The van der Waals surface area contributed by atoms with Crippen LogP contribution in [-0.2, 0) is 4.74 Å². The van der Waals surface area contributed by atoms with Gasteiger partial charge in [0, 0.05) is 0 Å². The summed E-state index contributed by atoms with van der Waals surface area (Å²) in [5.41, 5.74) is 0. The van der Waals surface area contributed by atoms with E-state index in [1.807, 2.05) is 6.92 Å². The number of hydrogen-bond donors (Lipinski definition) is 0. The molecule has 3 radical (unpaired) electrons. The van der Waals surface area contributed by atoms with Crippen molar-refractivity contribution in [3.8, 4) is 0 Å². The third-order valence-corrected chi connectivity index (χ3v) is 0.889. The Hall–Kier alpha value is 0.759. The van der Waals surface area contributed by atoms with Gasteiger partial charge in [-0.15, -0.1) is 0 Å². The third kappa shape index (κ3) is 4.76. The van der Waals surface area contributed by atoms with E-state index in [1.165, 1.54) is 22.5 Å². The van der Waals surface area contributed by atoms with Crippen LogP contribution < -0.4 is 0 Å². The first-order chi connectivity index (χ1) is 2.41. The zero-order valence-electron chi connectivity index (χ0n) is 3.32. The van der Waals surface area contributed by atoms with Gasteiger partial charge < -0.3 is 0 Å². The Morgan fingerprint density at radius 1 is 1.80 bits per heavy atom. The zero-order chi connectivity index (χ0) is 4.12. The molecule has 0 spiro atoms. The molecule has 5 heavy (non-hydrogen) atoms. The van der Waals surface area contributed by atoms with Gasteiger partial charge in [-0.25, -0.2) is 0 Å². The molecule has 1 nitrogen and oxygen atoms in total. The van der Waals surface area contributed by atoms with Gasteiger partial charge in [-0.3, -0.25) is 0 Å². The van der Waals surface area contributed by atoms with Crippen molar-refractivity contribution in [3.05, 3.63) is 0 Å². The molecule has 0 amide bonds. The SMILES string of the molecule is CCO[CH2][Sn]. The third-order valence-electron chi connectivity index (χ3n) is 0.306. The summed E-state index contributed by atoms with van der Waals surface area (Å²) < 4.78 is 5.81. The molecule has 0 atom stereocenters. The molecular weight excluding hydrogens is 171 g/mol. The Morgan fingerprint density at radius 2 is 2.40 bits per heavy atom. The summed E-state index contributed by atoms with van der Waals surface area (Å²) in [6.07, 6.45) is 0. The molecule has 0 aliphatic rings. The maximum atomic E-state index is 4.87. The number of ether oxygens (including phenoxy) is 1. The Morgan fingerprint density at radius 3 is 2.40 bits per heavy atom. The molecule has 0 aromatic heterocycles. The van der Waals surface area contributed by atoms with Gasteiger partial charge in [0.05, 0.1) is 0 Å². The first-order valence-corrected chi connectivity index (χ1v) is 3.66. The Balaban J connectivity index is 2.19. The first kappa shape index (κ1) is 5.76. The maximum absolute atomic E-state index is 4.87. The molecule has 0 saturated heterocycles. The molecule has 0 saturated carbocycles. The van der Waals surface area contributed by atoms with Crippen LogP contribution in [0.3, 0.4) is 0 Å². The van der Waals surface area contributed by atoms with Crippen LogP contribution >= 0.6 is 0 Å². The average molecular weight is 178 g/mol. The van der Waals surface area contributed by atoms with Gasteiger partial charge in [0.15, 0.2) is 0 Å². The van der Waals surface area contributed by atoms with Crippen LogP contribution in [0.1, 0.15) is 6.92 Å². The van der Waals surface area contributed by atoms with Gasteiger partial charge in [-0.05, 0) is 0 Å². The standard InChI is InChI=1S/C3H7O.Sn/c1-3-4-2;/h2-3H2,1H3;. The predicted molar refractivity (Wildman–Crippen MR) is 22.2 cm³/mol. The van der Waals surface area contributed by atoms with Crippen molar-refractivity contribution in [1.82, 2.24) is 0 Å². The van der Waals surface area contributed by atoms with Crippen LogP contribution in [0.4, 0.5) is 0 Å². The van der Waals surface area contributed by atoms with Gasteiger partial charge >= 0.3 is 45.4 Å². The summed E-state index contributed by atoms with van der Waals surface area (Å²) in [4.78, 5) is 0. The summed E-state index contributed by atoms with van der Waals surface area (Å²) in [7, 11) is 0. The number of hydrogen-bond acceptors (Lipinski definition) is 1. The minimum atomic E-state index is 0.866. The fourth-order valence-electron chi connectivity index (χ4n) is 0.102. The van der Waals surface area contributed by atoms with E-state index in [0.29, 0.717) is 0 Å². The second-order valence-electron chi connectivity index (χ2n) is 0.637. The van der Waals surface area contributed by atoms with Gasteiger partial charge in [-0.2, -0.15) is 0 Å². The van der Waals surface area contributed by atoms with Gasteiger partial charge in [0.1, 0.15) is 0 Å². The van der Waals surface area contributed by atoms with E-state index in [9.17, 15) is 0 Å². The van der Waals surface area contributed by atoms with Gasteiger partial charge in [-0.1, -0.05) is 0 Å². The Labute approximate surface area is 45.8 Å². The van der Waals surface area contributed by atoms with Crippen LogP contribution in [0.25, 0.3) is 0 Å². The predicted octanol–water partition coefficient (Wildman–Crippen LogP) is 0.149. The molecule has 0 heterocycles. The molecule has 0 N–H and O–H groups in total. The van der Waals surface area contributed by atoms with Crippen LogP contribution in [0.15, 0.2) is 0 Å². The van der Waals surface area contributed by atoms with Crippen molar-refractivity contribution in [2.75, 3.05) is 11.2 Å². The van der Waals surface area contributed by atoms with Crippen LogP contribution in [0.2, 0.25) is 0 Å². The van der Waals surface area contributed by atoms with Gasteiger partial charge in [0.2, 0.25) is 0 Å². The van der Waals surface area contributed by atoms with E-state index >= 15 is 0 Å². The molecule has 0 bridgehead atoms. The van der Waals surface area contributed by atoms with Crippen molar-refractivity contribution in [2.45, 2.75) is 6.92 Å². The molecule has 0 aliphatic carbocycles. The first-order valence-electron chi connectivity index (χ1n) is 1.64. The Kier molecular flexibility index (Phi) is 5.48. The minimum absolute atomic E-state index is 0.866. The molecular formula is C3H7OSn. The molecule has 0 fully saturated rings. The second-order valence-corrected chi connectivity index (χ2v) is 1.46. The quantitative estimate of drug-likeness (QED) is 0.546. The van der Waals surface area contributed by atoms with E-state index in [2.05, 4.69) is 0 Å². The van der Waals surface area contributed by atoms with Crippen LogP contribution in [0.5, 0.6) is 0 Å². The van der Waals surface area contributed by atoms with Crippen molar-refractivity contribution < 1.29 is 4.74 Å². The van der Waals surface area contributed by atoms with Crippen LogP contribution in [0, 0.1) is 0 Å². The molecule has 0 rings (SSSR count). The molecule has 2 heteroatoms. The van der Waals surface area contributed by atoms with Gasteiger partial charge in [0.25, 0.3) is 0 Å². The molecule has 0 aliphatic heterocycles. The van der Waals surface area contributed by atoms with Crippen molar-refractivity contribution in [2.24, 2.45) is 0 Å². The van der Waals surface area contributed by atoms with E-state index in [4.69, 9.17) is 4.74 Å². The van der Waals surface area contributed by atoms with Crippen LogP contribution in [-0.4, -0.2) is 33.8 Å². The van der Waals surface area contributed by atoms with Crippen molar-refractivity contribution in [1.29, 1.82) is 0 Å². The summed E-state index contributed by atoms with van der Waals surface area (Å²) in [6, 6.07) is 0. The summed E-state index contributed by atoms with van der Waals surface area (Å²) >= 11 is 1.46. The molecule has 29 valence electrons. The Bertz CT molecular complexity index is 14.4. The molecule has 0 aromatic carbocycles. The summed E-state index contributed by atoms with van der Waals surface area (Å²) in [5.74, 6) is 0. The normalized spacial score (nSPS) is 8.40. The average Bonchev–Trinajstić information content (AvgIpc) is 1.41. The molecule has 0 unspecified atom stereocenters. The number of rotatable bonds is 2. The molecule has 0 aromatic rings. The fourth-order valence-corrected chi connectivity index (χ4v) is 0.685. The fraction of sp³-hybridized carbons (Fsp3) is 1.00. The van der Waals surface area contributed by atoms with E-state index in [1.54, 1.807) is 0 Å².